The highest BCUT2D eigenvalue weighted by Crippen LogP contribution is 2.46. The molecule has 0 aromatic heterocycles. The zero-order valence-corrected chi connectivity index (χ0v) is 8.81. The second-order valence-electron chi connectivity index (χ2n) is 4.39. The Balaban J connectivity index is 2.43. The molecule has 0 aromatic carbocycles. The molecule has 0 unspecified atom stereocenters. The van der Waals surface area contributed by atoms with E-state index in [1.165, 1.54) is 32.1 Å². The summed E-state index contributed by atoms with van der Waals surface area (Å²) in [5, 5.41) is 9.61. The molecule has 1 aliphatic rings. The van der Waals surface area contributed by atoms with Crippen molar-refractivity contribution in [3.63, 3.8) is 0 Å². The van der Waals surface area contributed by atoms with Crippen molar-refractivity contribution < 1.29 is 5.11 Å². The van der Waals surface area contributed by atoms with Crippen molar-refractivity contribution in [1.29, 1.82) is 0 Å². The molecule has 0 heterocycles. The topological polar surface area (TPSA) is 20.2 Å². The highest BCUT2D eigenvalue weighted by atomic mass is 16.3. The van der Waals surface area contributed by atoms with Gasteiger partial charge in [-0.2, -0.15) is 0 Å². The van der Waals surface area contributed by atoms with Crippen LogP contribution in [0.5, 0.6) is 0 Å². The number of hydrogen-bond acceptors (Lipinski definition) is 1. The molecule has 0 radical (unpaired) electrons. The predicted molar refractivity (Wildman–Crippen MR) is 56.8 cm³/mol. The molecule has 0 aromatic rings. The molecule has 1 nitrogen and oxygen atoms in total. The third kappa shape index (κ3) is 2.49. The Hall–Kier alpha value is -0.460. The van der Waals surface area contributed by atoms with Gasteiger partial charge in [-0.1, -0.05) is 45.6 Å². The van der Waals surface area contributed by atoms with E-state index in [9.17, 15) is 5.11 Å². The minimum atomic E-state index is 0.106. The number of aliphatic hydroxyl groups is 1. The van der Waals surface area contributed by atoms with Crippen LogP contribution in [0.15, 0.2) is 12.3 Å². The second-order valence-corrected chi connectivity index (χ2v) is 4.39. The highest BCUT2D eigenvalue weighted by Gasteiger charge is 2.35. The first kappa shape index (κ1) is 10.6. The summed E-state index contributed by atoms with van der Waals surface area (Å²) in [5.74, 6) is 0.445. The molecule has 1 heteroatoms. The van der Waals surface area contributed by atoms with Crippen molar-refractivity contribution in [2.75, 3.05) is 0 Å². The first-order valence-corrected chi connectivity index (χ1v) is 5.59. The molecule has 0 amide bonds. The fraction of sp³-hybridized carbons (Fsp3) is 0.833. The molecule has 0 bridgehead atoms. The Morgan fingerprint density at radius 2 is 1.92 bits per heavy atom. The van der Waals surface area contributed by atoms with Crippen molar-refractivity contribution in [2.45, 2.75) is 58.3 Å². The Morgan fingerprint density at radius 1 is 1.31 bits per heavy atom. The maximum atomic E-state index is 9.61. The van der Waals surface area contributed by atoms with E-state index < -0.39 is 0 Å². The van der Waals surface area contributed by atoms with Gasteiger partial charge in [-0.05, 0) is 19.3 Å². The molecule has 0 aliphatic heterocycles. The molecule has 0 saturated heterocycles. The molecule has 0 atom stereocenters. The van der Waals surface area contributed by atoms with Crippen LogP contribution in [0.2, 0.25) is 0 Å². The van der Waals surface area contributed by atoms with E-state index >= 15 is 0 Å². The van der Waals surface area contributed by atoms with Crippen LogP contribution >= 0.6 is 0 Å². The normalized spacial score (nSPS) is 20.4. The monoisotopic (exact) mass is 182 g/mol. The van der Waals surface area contributed by atoms with E-state index in [0.717, 1.165) is 19.3 Å². The maximum absolute atomic E-state index is 9.61. The fourth-order valence-corrected chi connectivity index (χ4v) is 2.45. The number of hydrogen-bond donors (Lipinski definition) is 1. The average Bonchev–Trinajstić information content (AvgIpc) is 2.55. The van der Waals surface area contributed by atoms with Crippen molar-refractivity contribution in [3.05, 3.63) is 12.3 Å². The van der Waals surface area contributed by atoms with E-state index in [2.05, 4.69) is 13.5 Å². The third-order valence-electron chi connectivity index (χ3n) is 3.43. The van der Waals surface area contributed by atoms with Crippen LogP contribution in [-0.4, -0.2) is 5.11 Å². The zero-order chi connectivity index (χ0) is 9.73. The van der Waals surface area contributed by atoms with Crippen molar-refractivity contribution in [3.8, 4) is 0 Å². The van der Waals surface area contributed by atoms with Gasteiger partial charge in [-0.25, -0.2) is 0 Å². The fourth-order valence-electron chi connectivity index (χ4n) is 2.45. The van der Waals surface area contributed by atoms with Crippen molar-refractivity contribution in [1.82, 2.24) is 0 Å². The molecule has 13 heavy (non-hydrogen) atoms. The number of aliphatic hydroxyl groups excluding tert-OH is 1. The Morgan fingerprint density at radius 3 is 2.38 bits per heavy atom. The van der Waals surface area contributed by atoms with E-state index in [1.54, 1.807) is 0 Å². The summed E-state index contributed by atoms with van der Waals surface area (Å²) < 4.78 is 0. The highest BCUT2D eigenvalue weighted by molar-refractivity contribution is 5.04. The first-order valence-electron chi connectivity index (χ1n) is 5.59. The first-order chi connectivity index (χ1) is 6.21. The standard InChI is InChI=1S/C12H22O/c1-3-4-5-8-12(11(2)13)9-6-7-10-12/h13H,2-10H2,1H3. The number of unbranched alkanes of at least 4 members (excludes halogenated alkanes) is 2. The van der Waals surface area contributed by atoms with Gasteiger partial charge in [0.05, 0.1) is 5.76 Å². The smallest absolute Gasteiger partial charge is 0.0912 e. The third-order valence-corrected chi connectivity index (χ3v) is 3.43. The van der Waals surface area contributed by atoms with Crippen LogP contribution in [0.4, 0.5) is 0 Å². The van der Waals surface area contributed by atoms with Crippen LogP contribution in [0, 0.1) is 5.41 Å². The summed E-state index contributed by atoms with van der Waals surface area (Å²) in [7, 11) is 0. The van der Waals surface area contributed by atoms with E-state index in [-0.39, 0.29) is 5.41 Å². The minimum Gasteiger partial charge on any atom is -0.512 e. The molecule has 76 valence electrons. The summed E-state index contributed by atoms with van der Waals surface area (Å²) in [4.78, 5) is 0. The molecule has 1 rings (SSSR count). The Kier molecular flexibility index (Phi) is 3.83. The summed E-state index contributed by atoms with van der Waals surface area (Å²) in [5.41, 5.74) is 0.106. The zero-order valence-electron chi connectivity index (χ0n) is 8.81. The van der Waals surface area contributed by atoms with Gasteiger partial charge in [-0.15, -0.1) is 0 Å². The molecular weight excluding hydrogens is 160 g/mol. The lowest BCUT2D eigenvalue weighted by Crippen LogP contribution is -2.18. The molecule has 1 N–H and O–H groups in total. The lowest BCUT2D eigenvalue weighted by atomic mass is 9.79. The lowest BCUT2D eigenvalue weighted by Gasteiger charge is -2.27. The van der Waals surface area contributed by atoms with Gasteiger partial charge in [-0.3, -0.25) is 0 Å². The Bertz CT molecular complexity index is 166. The van der Waals surface area contributed by atoms with Gasteiger partial charge in [0.1, 0.15) is 0 Å². The molecule has 0 spiro atoms. The van der Waals surface area contributed by atoms with Crippen LogP contribution < -0.4 is 0 Å². The van der Waals surface area contributed by atoms with Gasteiger partial charge >= 0.3 is 0 Å². The summed E-state index contributed by atoms with van der Waals surface area (Å²) >= 11 is 0. The van der Waals surface area contributed by atoms with Crippen LogP contribution in [0.3, 0.4) is 0 Å². The summed E-state index contributed by atoms with van der Waals surface area (Å²) in [6.07, 6.45) is 9.80. The predicted octanol–water partition coefficient (Wildman–Crippen LogP) is 4.20. The van der Waals surface area contributed by atoms with Crippen molar-refractivity contribution >= 4 is 0 Å². The number of rotatable bonds is 5. The summed E-state index contributed by atoms with van der Waals surface area (Å²) in [6, 6.07) is 0. The average molecular weight is 182 g/mol. The molecule has 1 saturated carbocycles. The van der Waals surface area contributed by atoms with E-state index in [0.29, 0.717) is 5.76 Å². The van der Waals surface area contributed by atoms with Crippen LogP contribution in [0.1, 0.15) is 58.3 Å². The molecular formula is C12H22O. The maximum Gasteiger partial charge on any atom is 0.0912 e. The minimum absolute atomic E-state index is 0.106. The quantitative estimate of drug-likeness (QED) is 0.499. The van der Waals surface area contributed by atoms with E-state index in [1.807, 2.05) is 0 Å². The van der Waals surface area contributed by atoms with Gasteiger partial charge in [0.25, 0.3) is 0 Å². The van der Waals surface area contributed by atoms with Crippen LogP contribution in [0.25, 0.3) is 0 Å². The van der Waals surface area contributed by atoms with Gasteiger partial charge < -0.3 is 5.11 Å². The van der Waals surface area contributed by atoms with Crippen molar-refractivity contribution in [2.24, 2.45) is 5.41 Å². The summed E-state index contributed by atoms with van der Waals surface area (Å²) in [6.45, 7) is 5.96. The SMILES string of the molecule is C=C(O)C1(CCCCC)CCCC1. The van der Waals surface area contributed by atoms with Gasteiger partial charge in [0, 0.05) is 5.41 Å². The van der Waals surface area contributed by atoms with Gasteiger partial charge in [0.2, 0.25) is 0 Å². The van der Waals surface area contributed by atoms with E-state index in [4.69, 9.17) is 0 Å². The Labute approximate surface area is 81.9 Å². The van der Waals surface area contributed by atoms with Gasteiger partial charge in [0.15, 0.2) is 0 Å². The van der Waals surface area contributed by atoms with Crippen LogP contribution in [-0.2, 0) is 0 Å². The molecule has 1 aliphatic carbocycles. The largest absolute Gasteiger partial charge is 0.512 e. The second kappa shape index (κ2) is 4.69. The molecule has 1 fully saturated rings. The lowest BCUT2D eigenvalue weighted by molar-refractivity contribution is 0.205. The number of allylic oxidation sites excluding steroid dienone is 1.